The number of benzene rings is 1. The molecule has 1 aliphatic heterocycles. The van der Waals surface area contributed by atoms with E-state index in [9.17, 15) is 0 Å². The molecule has 0 amide bonds. The number of rotatable bonds is 2. The molecule has 0 spiro atoms. The SMILES string of the molecule is Cc1ccc2c(c1)CC(CC1(N)CC3CCC1C3)O2. The van der Waals surface area contributed by atoms with Gasteiger partial charge in [0.25, 0.3) is 0 Å². The van der Waals surface area contributed by atoms with Gasteiger partial charge in [-0.3, -0.25) is 0 Å². The Hall–Kier alpha value is -1.02. The molecule has 2 bridgehead atoms. The molecule has 0 saturated heterocycles. The fourth-order valence-corrected chi connectivity index (χ4v) is 4.72. The first kappa shape index (κ1) is 11.8. The summed E-state index contributed by atoms with van der Waals surface area (Å²) in [5.41, 5.74) is 9.47. The van der Waals surface area contributed by atoms with Gasteiger partial charge in [0.05, 0.1) is 0 Å². The molecule has 2 fully saturated rings. The van der Waals surface area contributed by atoms with Crippen LogP contribution in [-0.4, -0.2) is 11.6 Å². The summed E-state index contributed by atoms with van der Waals surface area (Å²) in [7, 11) is 0. The van der Waals surface area contributed by atoms with Crippen LogP contribution in [0.2, 0.25) is 0 Å². The van der Waals surface area contributed by atoms with E-state index in [0.717, 1.165) is 30.4 Å². The molecule has 0 radical (unpaired) electrons. The Morgan fingerprint density at radius 1 is 1.37 bits per heavy atom. The molecular formula is C17H23NO. The predicted molar refractivity (Wildman–Crippen MR) is 76.3 cm³/mol. The summed E-state index contributed by atoms with van der Waals surface area (Å²) >= 11 is 0. The first-order chi connectivity index (χ1) is 9.12. The lowest BCUT2D eigenvalue weighted by Gasteiger charge is -2.35. The van der Waals surface area contributed by atoms with Crippen molar-refractivity contribution in [2.75, 3.05) is 0 Å². The first-order valence-electron chi connectivity index (χ1n) is 7.67. The number of fused-ring (bicyclic) bond motifs is 3. The fourth-order valence-electron chi connectivity index (χ4n) is 4.72. The van der Waals surface area contributed by atoms with E-state index in [0.29, 0.717) is 6.10 Å². The maximum absolute atomic E-state index is 6.71. The van der Waals surface area contributed by atoms with Crippen molar-refractivity contribution < 1.29 is 4.74 Å². The second-order valence-corrected chi connectivity index (χ2v) is 7.07. The minimum Gasteiger partial charge on any atom is -0.490 e. The average molecular weight is 257 g/mol. The Labute approximate surface area is 115 Å². The average Bonchev–Trinajstić information content (AvgIpc) is 3.01. The molecule has 2 saturated carbocycles. The van der Waals surface area contributed by atoms with Gasteiger partial charge >= 0.3 is 0 Å². The summed E-state index contributed by atoms with van der Waals surface area (Å²) in [4.78, 5) is 0. The van der Waals surface area contributed by atoms with Crippen molar-refractivity contribution in [1.82, 2.24) is 0 Å². The molecule has 2 heteroatoms. The number of hydrogen-bond acceptors (Lipinski definition) is 2. The van der Waals surface area contributed by atoms with Crippen LogP contribution in [0.5, 0.6) is 5.75 Å². The van der Waals surface area contributed by atoms with Crippen molar-refractivity contribution in [3.8, 4) is 5.75 Å². The van der Waals surface area contributed by atoms with Crippen LogP contribution in [0.4, 0.5) is 0 Å². The Morgan fingerprint density at radius 3 is 3.00 bits per heavy atom. The van der Waals surface area contributed by atoms with Crippen molar-refractivity contribution in [1.29, 1.82) is 0 Å². The summed E-state index contributed by atoms with van der Waals surface area (Å²) < 4.78 is 6.12. The van der Waals surface area contributed by atoms with Crippen LogP contribution >= 0.6 is 0 Å². The molecule has 2 N–H and O–H groups in total. The van der Waals surface area contributed by atoms with Crippen LogP contribution in [0, 0.1) is 18.8 Å². The number of nitrogens with two attached hydrogens (primary N) is 1. The van der Waals surface area contributed by atoms with Crippen LogP contribution in [0.25, 0.3) is 0 Å². The molecule has 1 heterocycles. The van der Waals surface area contributed by atoms with Crippen molar-refractivity contribution in [3.05, 3.63) is 29.3 Å². The zero-order valence-corrected chi connectivity index (χ0v) is 11.7. The minimum absolute atomic E-state index is 0.0602. The minimum atomic E-state index is 0.0602. The largest absolute Gasteiger partial charge is 0.490 e. The zero-order chi connectivity index (χ0) is 13.0. The Balaban J connectivity index is 1.49. The third-order valence-electron chi connectivity index (χ3n) is 5.59. The van der Waals surface area contributed by atoms with Gasteiger partial charge in [0.15, 0.2) is 0 Å². The normalized spacial score (nSPS) is 39.4. The van der Waals surface area contributed by atoms with E-state index >= 15 is 0 Å². The molecule has 4 atom stereocenters. The summed E-state index contributed by atoms with van der Waals surface area (Å²) in [5.74, 6) is 2.75. The van der Waals surface area contributed by atoms with Gasteiger partial charge in [-0.1, -0.05) is 24.1 Å². The monoisotopic (exact) mass is 257 g/mol. The summed E-state index contributed by atoms with van der Waals surface area (Å²) in [6.45, 7) is 2.15. The maximum atomic E-state index is 6.71. The molecule has 19 heavy (non-hydrogen) atoms. The smallest absolute Gasteiger partial charge is 0.123 e. The molecule has 4 rings (SSSR count). The molecule has 3 aliphatic rings. The van der Waals surface area contributed by atoms with E-state index in [1.165, 1.54) is 36.8 Å². The number of aryl methyl sites for hydroxylation is 1. The third-order valence-corrected chi connectivity index (χ3v) is 5.59. The fraction of sp³-hybridized carbons (Fsp3) is 0.647. The molecule has 1 aromatic carbocycles. The van der Waals surface area contributed by atoms with Gasteiger partial charge in [0.1, 0.15) is 11.9 Å². The van der Waals surface area contributed by atoms with E-state index in [2.05, 4.69) is 25.1 Å². The van der Waals surface area contributed by atoms with Gasteiger partial charge < -0.3 is 10.5 Å². The predicted octanol–water partition coefficient (Wildman–Crippen LogP) is 3.21. The highest BCUT2D eigenvalue weighted by molar-refractivity contribution is 5.40. The molecule has 102 valence electrons. The van der Waals surface area contributed by atoms with E-state index < -0.39 is 0 Å². The van der Waals surface area contributed by atoms with Gasteiger partial charge in [0, 0.05) is 18.4 Å². The van der Waals surface area contributed by atoms with Crippen molar-refractivity contribution in [3.63, 3.8) is 0 Å². The molecule has 2 nitrogen and oxygen atoms in total. The summed E-state index contributed by atoms with van der Waals surface area (Å²) in [6.07, 6.45) is 7.76. The lowest BCUT2D eigenvalue weighted by Crippen LogP contribution is -2.48. The molecule has 0 aromatic heterocycles. The highest BCUT2D eigenvalue weighted by Crippen LogP contribution is 2.52. The number of hydrogen-bond donors (Lipinski definition) is 1. The second-order valence-electron chi connectivity index (χ2n) is 7.07. The van der Waals surface area contributed by atoms with E-state index in [4.69, 9.17) is 10.5 Å². The molecular weight excluding hydrogens is 234 g/mol. The molecule has 1 aromatic rings. The lowest BCUT2D eigenvalue weighted by atomic mass is 9.77. The second kappa shape index (κ2) is 3.99. The van der Waals surface area contributed by atoms with Crippen LogP contribution in [-0.2, 0) is 6.42 Å². The molecule has 4 unspecified atom stereocenters. The highest BCUT2D eigenvalue weighted by atomic mass is 16.5. The van der Waals surface area contributed by atoms with Crippen molar-refractivity contribution >= 4 is 0 Å². The van der Waals surface area contributed by atoms with Crippen molar-refractivity contribution in [2.45, 2.75) is 57.1 Å². The van der Waals surface area contributed by atoms with Crippen LogP contribution in [0.1, 0.15) is 43.2 Å². The zero-order valence-electron chi connectivity index (χ0n) is 11.7. The lowest BCUT2D eigenvalue weighted by molar-refractivity contribution is 0.144. The quantitative estimate of drug-likeness (QED) is 0.883. The van der Waals surface area contributed by atoms with E-state index in [1.54, 1.807) is 0 Å². The van der Waals surface area contributed by atoms with Crippen LogP contribution in [0.3, 0.4) is 0 Å². The summed E-state index contributed by atoms with van der Waals surface area (Å²) in [6, 6.07) is 6.52. The number of ether oxygens (including phenoxy) is 1. The Bertz CT molecular complexity index is 512. The van der Waals surface area contributed by atoms with Gasteiger partial charge in [-0.05, 0) is 49.7 Å². The standard InChI is InChI=1S/C17H23NO/c1-11-2-5-16-13(6-11)8-15(19-16)10-17(18)9-12-3-4-14(17)7-12/h2,5-6,12,14-15H,3-4,7-10,18H2,1H3. The maximum Gasteiger partial charge on any atom is 0.123 e. The van der Waals surface area contributed by atoms with Gasteiger partial charge in [-0.15, -0.1) is 0 Å². The summed E-state index contributed by atoms with van der Waals surface area (Å²) in [5, 5.41) is 0. The first-order valence-corrected chi connectivity index (χ1v) is 7.67. The topological polar surface area (TPSA) is 35.2 Å². The van der Waals surface area contributed by atoms with Crippen molar-refractivity contribution in [2.24, 2.45) is 17.6 Å². The van der Waals surface area contributed by atoms with Crippen LogP contribution in [0.15, 0.2) is 18.2 Å². The van der Waals surface area contributed by atoms with Gasteiger partial charge in [0.2, 0.25) is 0 Å². The third kappa shape index (κ3) is 1.88. The Morgan fingerprint density at radius 2 is 2.26 bits per heavy atom. The molecule has 2 aliphatic carbocycles. The van der Waals surface area contributed by atoms with E-state index in [1.807, 2.05) is 0 Å². The highest BCUT2D eigenvalue weighted by Gasteiger charge is 2.49. The Kier molecular flexibility index (Phi) is 2.47. The van der Waals surface area contributed by atoms with Crippen LogP contribution < -0.4 is 10.5 Å². The van der Waals surface area contributed by atoms with Gasteiger partial charge in [-0.2, -0.15) is 0 Å². The van der Waals surface area contributed by atoms with E-state index in [-0.39, 0.29) is 5.54 Å². The van der Waals surface area contributed by atoms with Gasteiger partial charge in [-0.25, -0.2) is 0 Å².